The molecule has 0 aliphatic rings. The van der Waals surface area contributed by atoms with Gasteiger partial charge >= 0.3 is 0 Å². The molecule has 2 N–H and O–H groups in total. The van der Waals surface area contributed by atoms with E-state index in [1.807, 2.05) is 18.2 Å². The molecule has 2 aromatic rings. The van der Waals surface area contributed by atoms with E-state index in [2.05, 4.69) is 11.9 Å². The van der Waals surface area contributed by atoms with Crippen LogP contribution in [0.5, 0.6) is 0 Å². The highest BCUT2D eigenvalue weighted by Gasteiger charge is 2.05. The summed E-state index contributed by atoms with van der Waals surface area (Å²) >= 11 is 0. The molecule has 0 atom stereocenters. The van der Waals surface area contributed by atoms with E-state index in [0.29, 0.717) is 24.6 Å². The van der Waals surface area contributed by atoms with Gasteiger partial charge in [-0.15, -0.1) is 0 Å². The van der Waals surface area contributed by atoms with Gasteiger partial charge in [0.2, 0.25) is 0 Å². The van der Waals surface area contributed by atoms with Gasteiger partial charge in [0.25, 0.3) is 0 Å². The maximum atomic E-state index is 5.67. The fourth-order valence-electron chi connectivity index (χ4n) is 1.50. The van der Waals surface area contributed by atoms with Gasteiger partial charge in [-0.25, -0.2) is 4.98 Å². The molecule has 0 spiro atoms. The van der Waals surface area contributed by atoms with E-state index in [0.717, 1.165) is 24.1 Å². The van der Waals surface area contributed by atoms with E-state index in [1.54, 1.807) is 0 Å². The van der Waals surface area contributed by atoms with Gasteiger partial charge < -0.3 is 14.9 Å². The van der Waals surface area contributed by atoms with E-state index in [4.69, 9.17) is 14.9 Å². The summed E-state index contributed by atoms with van der Waals surface area (Å²) in [4.78, 5) is 4.34. The summed E-state index contributed by atoms with van der Waals surface area (Å²) in [5, 5.41) is 0. The Kier molecular flexibility index (Phi) is 3.41. The Bertz CT molecular complexity index is 465. The van der Waals surface area contributed by atoms with Crippen molar-refractivity contribution in [2.24, 2.45) is 0 Å². The van der Waals surface area contributed by atoms with Gasteiger partial charge in [0, 0.05) is 18.7 Å². The molecular weight excluding hydrogens is 204 g/mol. The summed E-state index contributed by atoms with van der Waals surface area (Å²) in [6.07, 6.45) is 1.73. The molecule has 0 aliphatic heterocycles. The summed E-state index contributed by atoms with van der Waals surface area (Å²) in [7, 11) is 0. The summed E-state index contributed by atoms with van der Waals surface area (Å²) in [5.41, 5.74) is 7.96. The van der Waals surface area contributed by atoms with Crippen LogP contribution in [0.2, 0.25) is 0 Å². The van der Waals surface area contributed by atoms with Gasteiger partial charge in [0.15, 0.2) is 11.5 Å². The van der Waals surface area contributed by atoms with E-state index in [-0.39, 0.29) is 0 Å². The van der Waals surface area contributed by atoms with E-state index < -0.39 is 0 Å². The van der Waals surface area contributed by atoms with Crippen LogP contribution in [-0.2, 0) is 11.2 Å². The minimum absolute atomic E-state index is 0.649. The molecule has 4 nitrogen and oxygen atoms in total. The summed E-state index contributed by atoms with van der Waals surface area (Å²) in [6.45, 7) is 3.52. The molecule has 16 heavy (non-hydrogen) atoms. The number of nitrogen functional groups attached to an aromatic ring is 1. The van der Waals surface area contributed by atoms with Crippen molar-refractivity contribution >= 4 is 16.8 Å². The van der Waals surface area contributed by atoms with Gasteiger partial charge in [0.1, 0.15) is 5.52 Å². The van der Waals surface area contributed by atoms with E-state index in [1.165, 1.54) is 0 Å². The summed E-state index contributed by atoms with van der Waals surface area (Å²) < 4.78 is 10.9. The first-order valence-corrected chi connectivity index (χ1v) is 5.52. The largest absolute Gasteiger partial charge is 0.441 e. The minimum Gasteiger partial charge on any atom is -0.441 e. The fourth-order valence-corrected chi connectivity index (χ4v) is 1.50. The molecule has 0 aliphatic carbocycles. The lowest BCUT2D eigenvalue weighted by atomic mass is 10.3. The number of benzene rings is 1. The number of rotatable bonds is 5. The zero-order valence-electron chi connectivity index (χ0n) is 9.40. The number of aromatic nitrogens is 1. The van der Waals surface area contributed by atoms with E-state index in [9.17, 15) is 0 Å². The third kappa shape index (κ3) is 2.52. The van der Waals surface area contributed by atoms with Crippen LogP contribution in [0, 0.1) is 0 Å². The van der Waals surface area contributed by atoms with Crippen molar-refractivity contribution in [2.45, 2.75) is 19.8 Å². The second kappa shape index (κ2) is 4.99. The maximum Gasteiger partial charge on any atom is 0.197 e. The van der Waals surface area contributed by atoms with Crippen LogP contribution >= 0.6 is 0 Å². The smallest absolute Gasteiger partial charge is 0.197 e. The number of oxazole rings is 1. The lowest BCUT2D eigenvalue weighted by Crippen LogP contribution is -1.99. The Labute approximate surface area is 94.4 Å². The molecule has 86 valence electrons. The molecule has 2 rings (SSSR count). The molecule has 1 heterocycles. The van der Waals surface area contributed by atoms with Gasteiger partial charge in [-0.05, 0) is 24.6 Å². The molecule has 0 amide bonds. The van der Waals surface area contributed by atoms with Crippen molar-refractivity contribution in [2.75, 3.05) is 18.9 Å². The number of ether oxygens (including phenoxy) is 1. The number of fused-ring (bicyclic) bond motifs is 1. The highest BCUT2D eigenvalue weighted by Crippen LogP contribution is 2.18. The van der Waals surface area contributed by atoms with Crippen molar-refractivity contribution in [3.05, 3.63) is 24.1 Å². The predicted octanol–water partition coefficient (Wildman–Crippen LogP) is 2.38. The number of anilines is 1. The van der Waals surface area contributed by atoms with Crippen molar-refractivity contribution in [3.8, 4) is 0 Å². The SMILES string of the molecule is CCCOCCc1nc2cc(N)ccc2o1. The van der Waals surface area contributed by atoms with Gasteiger partial charge in [-0.3, -0.25) is 0 Å². The zero-order valence-corrected chi connectivity index (χ0v) is 9.40. The first kappa shape index (κ1) is 11.0. The third-order valence-corrected chi connectivity index (χ3v) is 2.26. The Hall–Kier alpha value is -1.55. The van der Waals surface area contributed by atoms with Crippen LogP contribution in [0.25, 0.3) is 11.1 Å². The Balaban J connectivity index is 2.02. The topological polar surface area (TPSA) is 61.3 Å². The predicted molar refractivity (Wildman–Crippen MR) is 63.2 cm³/mol. The molecule has 0 bridgehead atoms. The Morgan fingerprint density at radius 2 is 2.25 bits per heavy atom. The monoisotopic (exact) mass is 220 g/mol. The second-order valence-electron chi connectivity index (χ2n) is 3.70. The first-order chi connectivity index (χ1) is 7.79. The number of hydrogen-bond acceptors (Lipinski definition) is 4. The van der Waals surface area contributed by atoms with Crippen molar-refractivity contribution < 1.29 is 9.15 Å². The van der Waals surface area contributed by atoms with Crippen LogP contribution in [-0.4, -0.2) is 18.2 Å². The van der Waals surface area contributed by atoms with E-state index >= 15 is 0 Å². The lowest BCUT2D eigenvalue weighted by molar-refractivity contribution is 0.133. The van der Waals surface area contributed by atoms with Crippen molar-refractivity contribution in [1.29, 1.82) is 0 Å². The number of nitrogens with two attached hydrogens (primary N) is 1. The molecule has 1 aromatic carbocycles. The number of hydrogen-bond donors (Lipinski definition) is 1. The molecule has 0 saturated carbocycles. The van der Waals surface area contributed by atoms with Crippen LogP contribution < -0.4 is 5.73 Å². The van der Waals surface area contributed by atoms with Crippen LogP contribution in [0.1, 0.15) is 19.2 Å². The van der Waals surface area contributed by atoms with Crippen LogP contribution in [0.4, 0.5) is 5.69 Å². The molecule has 1 aromatic heterocycles. The van der Waals surface area contributed by atoms with Crippen LogP contribution in [0.15, 0.2) is 22.6 Å². The minimum atomic E-state index is 0.649. The number of nitrogens with zero attached hydrogens (tertiary/aromatic N) is 1. The zero-order chi connectivity index (χ0) is 11.4. The van der Waals surface area contributed by atoms with Crippen molar-refractivity contribution in [1.82, 2.24) is 4.98 Å². The molecule has 0 radical (unpaired) electrons. The van der Waals surface area contributed by atoms with Gasteiger partial charge in [-0.1, -0.05) is 6.92 Å². The Morgan fingerprint density at radius 3 is 3.06 bits per heavy atom. The average Bonchev–Trinajstić information content (AvgIpc) is 2.66. The maximum absolute atomic E-state index is 5.67. The molecule has 0 fully saturated rings. The molecule has 0 saturated heterocycles. The van der Waals surface area contributed by atoms with Gasteiger partial charge in [-0.2, -0.15) is 0 Å². The third-order valence-electron chi connectivity index (χ3n) is 2.26. The molecule has 4 heteroatoms. The first-order valence-electron chi connectivity index (χ1n) is 5.52. The summed E-state index contributed by atoms with van der Waals surface area (Å²) in [5.74, 6) is 0.705. The highest BCUT2D eigenvalue weighted by molar-refractivity contribution is 5.76. The lowest BCUT2D eigenvalue weighted by Gasteiger charge is -1.98. The average molecular weight is 220 g/mol. The standard InChI is InChI=1S/C12H16N2O2/c1-2-6-15-7-5-12-14-10-8-9(13)3-4-11(10)16-12/h3-4,8H,2,5-7,13H2,1H3. The summed E-state index contributed by atoms with van der Waals surface area (Å²) in [6, 6.07) is 5.47. The van der Waals surface area contributed by atoms with Crippen molar-refractivity contribution in [3.63, 3.8) is 0 Å². The molecule has 0 unspecified atom stereocenters. The normalized spacial score (nSPS) is 11.1. The van der Waals surface area contributed by atoms with Crippen LogP contribution in [0.3, 0.4) is 0 Å². The Morgan fingerprint density at radius 1 is 1.38 bits per heavy atom. The quantitative estimate of drug-likeness (QED) is 0.620. The molecular formula is C12H16N2O2. The van der Waals surface area contributed by atoms with Gasteiger partial charge in [0.05, 0.1) is 6.61 Å². The second-order valence-corrected chi connectivity index (χ2v) is 3.70. The fraction of sp³-hybridized carbons (Fsp3) is 0.417. The highest BCUT2D eigenvalue weighted by atomic mass is 16.5.